The van der Waals surface area contributed by atoms with Gasteiger partial charge >= 0.3 is 5.97 Å². The fourth-order valence-electron chi connectivity index (χ4n) is 2.63. The number of hydrogen-bond acceptors (Lipinski definition) is 4. The third-order valence-corrected chi connectivity index (χ3v) is 4.88. The highest BCUT2D eigenvalue weighted by atomic mass is 79.9. The van der Waals surface area contributed by atoms with Gasteiger partial charge in [-0.15, -0.1) is 0 Å². The number of esters is 1. The van der Waals surface area contributed by atoms with Crippen LogP contribution >= 0.6 is 15.9 Å². The minimum Gasteiger partial charge on any atom is -0.466 e. The van der Waals surface area contributed by atoms with Crippen LogP contribution in [-0.2, 0) is 19.0 Å². The highest BCUT2D eigenvalue weighted by Crippen LogP contribution is 2.10. The van der Waals surface area contributed by atoms with E-state index in [1.54, 1.807) is 0 Å². The van der Waals surface area contributed by atoms with Crippen LogP contribution in [0, 0.1) is 0 Å². The van der Waals surface area contributed by atoms with Crippen molar-refractivity contribution in [3.05, 3.63) is 24.3 Å². The maximum absolute atomic E-state index is 11.9. The molecule has 5 heteroatoms. The second-order valence-electron chi connectivity index (χ2n) is 7.08. The third-order valence-electron chi connectivity index (χ3n) is 4.32. The standard InChI is InChI=1S/C24H43BrO4/c1-3-5-7-9-11-14-21-28-24(29-22-15-12-10-8-6-4-2)18-17-23(26)27-20-16-13-19-25/h5-8,24H,3-4,9-22H2,1-2H3/b7-5-,8-6-. The SMILES string of the molecule is CC/C=C\CCCCOC(CCC(=O)OCCCCBr)OCCCC/C=C\CC. The van der Waals surface area contributed by atoms with Gasteiger partial charge in [0.2, 0.25) is 0 Å². The van der Waals surface area contributed by atoms with Crippen LogP contribution in [0.25, 0.3) is 0 Å². The molecule has 0 fully saturated rings. The highest BCUT2D eigenvalue weighted by Gasteiger charge is 2.13. The Balaban J connectivity index is 4.07. The number of carbonyl (C=O) groups is 1. The number of hydrogen-bond donors (Lipinski definition) is 0. The summed E-state index contributed by atoms with van der Waals surface area (Å²) >= 11 is 3.38. The van der Waals surface area contributed by atoms with Crippen LogP contribution in [0.2, 0.25) is 0 Å². The second-order valence-corrected chi connectivity index (χ2v) is 7.87. The molecule has 29 heavy (non-hydrogen) atoms. The second kappa shape index (κ2) is 23.6. The van der Waals surface area contributed by atoms with Crippen LogP contribution in [0.3, 0.4) is 0 Å². The number of halogens is 1. The summed E-state index contributed by atoms with van der Waals surface area (Å²) in [6.07, 6.45) is 20.0. The fourth-order valence-corrected chi connectivity index (χ4v) is 3.03. The van der Waals surface area contributed by atoms with Gasteiger partial charge in [-0.2, -0.15) is 0 Å². The molecule has 0 N–H and O–H groups in total. The van der Waals surface area contributed by atoms with E-state index in [9.17, 15) is 4.79 Å². The van der Waals surface area contributed by atoms with Gasteiger partial charge in [0.25, 0.3) is 0 Å². The Hall–Kier alpha value is -0.650. The molecule has 4 nitrogen and oxygen atoms in total. The molecule has 0 rings (SSSR count). The minimum atomic E-state index is -0.317. The van der Waals surface area contributed by atoms with Crippen LogP contribution < -0.4 is 0 Å². The first kappa shape index (κ1) is 28.4. The number of unbranched alkanes of at least 4 members (excludes halogenated alkanes) is 5. The summed E-state index contributed by atoms with van der Waals surface area (Å²) < 4.78 is 17.1. The average molecular weight is 476 g/mol. The normalized spacial score (nSPS) is 11.9. The van der Waals surface area contributed by atoms with Crippen molar-refractivity contribution in [2.45, 2.75) is 97.2 Å². The molecule has 0 aliphatic carbocycles. The number of allylic oxidation sites excluding steroid dienone is 4. The van der Waals surface area contributed by atoms with E-state index < -0.39 is 0 Å². The van der Waals surface area contributed by atoms with Crippen molar-refractivity contribution in [2.75, 3.05) is 25.2 Å². The Morgan fingerprint density at radius 1 is 0.793 bits per heavy atom. The number of rotatable bonds is 21. The van der Waals surface area contributed by atoms with E-state index in [1.807, 2.05) is 0 Å². The van der Waals surface area contributed by atoms with Crippen molar-refractivity contribution in [1.82, 2.24) is 0 Å². The van der Waals surface area contributed by atoms with Crippen LogP contribution in [0.4, 0.5) is 0 Å². The van der Waals surface area contributed by atoms with Crippen LogP contribution in [0.15, 0.2) is 24.3 Å². The molecule has 0 radical (unpaired) electrons. The number of carbonyl (C=O) groups excluding carboxylic acids is 1. The van der Waals surface area contributed by atoms with Gasteiger partial charge in [-0.05, 0) is 64.2 Å². The molecule has 0 unspecified atom stereocenters. The molecule has 0 bridgehead atoms. The number of alkyl halides is 1. The first-order valence-electron chi connectivity index (χ1n) is 11.5. The van der Waals surface area contributed by atoms with Crippen LogP contribution in [0.5, 0.6) is 0 Å². The van der Waals surface area contributed by atoms with Crippen LogP contribution in [-0.4, -0.2) is 37.4 Å². The van der Waals surface area contributed by atoms with Crippen molar-refractivity contribution >= 4 is 21.9 Å². The molecule has 0 aromatic rings. The molecule has 0 aliphatic rings. The summed E-state index contributed by atoms with van der Waals surface area (Å²) in [7, 11) is 0. The molecule has 0 spiro atoms. The minimum absolute atomic E-state index is 0.161. The highest BCUT2D eigenvalue weighted by molar-refractivity contribution is 9.09. The Morgan fingerprint density at radius 3 is 1.86 bits per heavy atom. The summed E-state index contributed by atoms with van der Waals surface area (Å²) in [6.45, 7) is 6.13. The van der Waals surface area contributed by atoms with Gasteiger partial charge in [-0.1, -0.05) is 54.1 Å². The van der Waals surface area contributed by atoms with Gasteiger partial charge in [0.15, 0.2) is 6.29 Å². The van der Waals surface area contributed by atoms with Crippen molar-refractivity contribution < 1.29 is 19.0 Å². The van der Waals surface area contributed by atoms with Crippen molar-refractivity contribution in [3.63, 3.8) is 0 Å². The predicted molar refractivity (Wildman–Crippen MR) is 125 cm³/mol. The molecule has 0 heterocycles. The van der Waals surface area contributed by atoms with Crippen LogP contribution in [0.1, 0.15) is 90.9 Å². The fraction of sp³-hybridized carbons (Fsp3) is 0.792. The van der Waals surface area contributed by atoms with E-state index in [-0.39, 0.29) is 12.3 Å². The zero-order valence-corrected chi connectivity index (χ0v) is 20.3. The lowest BCUT2D eigenvalue weighted by atomic mass is 10.2. The molecule has 0 amide bonds. The largest absolute Gasteiger partial charge is 0.466 e. The van der Waals surface area contributed by atoms with Gasteiger partial charge in [0.05, 0.1) is 13.0 Å². The van der Waals surface area contributed by atoms with E-state index in [2.05, 4.69) is 54.1 Å². The molecular weight excluding hydrogens is 432 g/mol. The van der Waals surface area contributed by atoms with E-state index in [0.717, 1.165) is 69.5 Å². The molecule has 170 valence electrons. The first-order chi connectivity index (χ1) is 14.2. The van der Waals surface area contributed by atoms with Gasteiger partial charge in [0, 0.05) is 25.0 Å². The monoisotopic (exact) mass is 474 g/mol. The van der Waals surface area contributed by atoms with Gasteiger partial charge in [-0.25, -0.2) is 0 Å². The van der Waals surface area contributed by atoms with Gasteiger partial charge in [-0.3, -0.25) is 4.79 Å². The molecule has 0 aromatic carbocycles. The van der Waals surface area contributed by atoms with E-state index in [0.29, 0.717) is 32.7 Å². The molecular formula is C24H43BrO4. The Morgan fingerprint density at radius 2 is 1.34 bits per heavy atom. The lowest BCUT2D eigenvalue weighted by Crippen LogP contribution is -2.21. The predicted octanol–water partition coefficient (Wildman–Crippen LogP) is 7.12. The first-order valence-corrected chi connectivity index (χ1v) is 12.6. The maximum atomic E-state index is 11.9. The molecule has 0 saturated carbocycles. The van der Waals surface area contributed by atoms with Gasteiger partial charge < -0.3 is 14.2 Å². The Bertz CT molecular complexity index is 386. The summed E-state index contributed by atoms with van der Waals surface area (Å²) in [5, 5.41) is 0.941. The molecule has 0 atom stereocenters. The summed E-state index contributed by atoms with van der Waals surface area (Å²) in [6, 6.07) is 0. The number of ether oxygens (including phenoxy) is 3. The van der Waals surface area contributed by atoms with Gasteiger partial charge in [0.1, 0.15) is 0 Å². The zero-order chi connectivity index (χ0) is 21.4. The van der Waals surface area contributed by atoms with E-state index in [4.69, 9.17) is 14.2 Å². The quantitative estimate of drug-likeness (QED) is 0.0583. The Kier molecular flexibility index (Phi) is 23.1. The molecule has 0 saturated heterocycles. The third kappa shape index (κ3) is 21.9. The summed E-state index contributed by atoms with van der Waals surface area (Å²) in [5.74, 6) is -0.161. The van der Waals surface area contributed by atoms with E-state index >= 15 is 0 Å². The molecule has 0 aromatic heterocycles. The molecule has 0 aliphatic heterocycles. The maximum Gasteiger partial charge on any atom is 0.305 e. The van der Waals surface area contributed by atoms with Crippen molar-refractivity contribution in [2.24, 2.45) is 0 Å². The van der Waals surface area contributed by atoms with Crippen molar-refractivity contribution in [3.8, 4) is 0 Å². The average Bonchev–Trinajstić information content (AvgIpc) is 2.73. The topological polar surface area (TPSA) is 44.8 Å². The lowest BCUT2D eigenvalue weighted by Gasteiger charge is -2.18. The Labute approximate surface area is 187 Å². The smallest absolute Gasteiger partial charge is 0.305 e. The van der Waals surface area contributed by atoms with Crippen molar-refractivity contribution in [1.29, 1.82) is 0 Å². The zero-order valence-electron chi connectivity index (χ0n) is 18.7. The lowest BCUT2D eigenvalue weighted by molar-refractivity contribution is -0.159. The van der Waals surface area contributed by atoms with E-state index in [1.165, 1.54) is 0 Å². The summed E-state index contributed by atoms with van der Waals surface area (Å²) in [4.78, 5) is 11.9. The summed E-state index contributed by atoms with van der Waals surface area (Å²) in [5.41, 5.74) is 0.